The van der Waals surface area contributed by atoms with E-state index in [1.54, 1.807) is 0 Å². The largest absolute Gasteiger partial charge is 0.360 e. The fourth-order valence-electron chi connectivity index (χ4n) is 3.88. The summed E-state index contributed by atoms with van der Waals surface area (Å²) in [4.78, 5) is 12.6. The van der Waals surface area contributed by atoms with Crippen molar-refractivity contribution in [3.05, 3.63) is 42.2 Å². The second-order valence-electron chi connectivity index (χ2n) is 7.56. The van der Waals surface area contributed by atoms with Crippen molar-refractivity contribution in [2.75, 3.05) is 5.32 Å². The van der Waals surface area contributed by atoms with Gasteiger partial charge in [0.1, 0.15) is 0 Å². The molecule has 1 aromatic carbocycles. The fraction of sp³-hybridized carbons (Fsp3) is 0.400. The predicted octanol–water partition coefficient (Wildman–Crippen LogP) is 4.01. The number of H-pyrrole nitrogens is 1. The van der Waals surface area contributed by atoms with Crippen LogP contribution in [0.1, 0.15) is 38.2 Å². The fourth-order valence-corrected chi connectivity index (χ4v) is 3.88. The highest BCUT2D eigenvalue weighted by Gasteiger charge is 2.28. The molecule has 1 fully saturated rings. The van der Waals surface area contributed by atoms with E-state index in [-0.39, 0.29) is 5.54 Å². The number of para-hydroxylation sites is 1. The molecule has 4 rings (SSSR count). The molecule has 3 aromatic rings. The van der Waals surface area contributed by atoms with Crippen LogP contribution in [0.2, 0.25) is 0 Å². The molecule has 25 heavy (non-hydrogen) atoms. The summed E-state index contributed by atoms with van der Waals surface area (Å²) in [6.45, 7) is 4.19. The summed E-state index contributed by atoms with van der Waals surface area (Å²) in [5.74, 6) is 0.689. The maximum absolute atomic E-state index is 6.33. The van der Waals surface area contributed by atoms with E-state index < -0.39 is 0 Å². The lowest BCUT2D eigenvalue weighted by Gasteiger charge is -2.35. The number of nitrogens with two attached hydrogens (primary N) is 1. The lowest BCUT2D eigenvalue weighted by molar-refractivity contribution is 0.302. The van der Waals surface area contributed by atoms with Crippen LogP contribution < -0.4 is 11.1 Å². The number of benzene rings is 1. The summed E-state index contributed by atoms with van der Waals surface area (Å²) >= 11 is 0. The topological polar surface area (TPSA) is 79.6 Å². The molecule has 0 amide bonds. The van der Waals surface area contributed by atoms with E-state index in [1.165, 1.54) is 5.39 Å². The lowest BCUT2D eigenvalue weighted by atomic mass is 9.81. The Hall–Kier alpha value is -2.40. The average molecular weight is 335 g/mol. The van der Waals surface area contributed by atoms with E-state index in [0.717, 1.165) is 48.0 Å². The highest BCUT2D eigenvalue weighted by Crippen LogP contribution is 2.31. The maximum Gasteiger partial charge on any atom is 0.223 e. The molecule has 130 valence electrons. The molecule has 0 unspecified atom stereocenters. The van der Waals surface area contributed by atoms with Crippen LogP contribution in [-0.4, -0.2) is 26.5 Å². The lowest BCUT2D eigenvalue weighted by Crippen LogP contribution is -2.45. The van der Waals surface area contributed by atoms with Crippen molar-refractivity contribution >= 4 is 16.9 Å². The summed E-state index contributed by atoms with van der Waals surface area (Å²) in [6, 6.07) is 8.63. The zero-order valence-electron chi connectivity index (χ0n) is 14.8. The Kier molecular flexibility index (Phi) is 3.96. The minimum Gasteiger partial charge on any atom is -0.360 e. The number of fused-ring (bicyclic) bond motifs is 1. The van der Waals surface area contributed by atoms with Crippen molar-refractivity contribution in [1.29, 1.82) is 0 Å². The van der Waals surface area contributed by atoms with Crippen molar-refractivity contribution in [2.24, 2.45) is 5.73 Å². The minimum absolute atomic E-state index is 0.0969. The third-order valence-electron chi connectivity index (χ3n) is 5.16. The SMILES string of the molecule is Cc1cnc(N[C@@H]2CCC[C@](C)(N)C2)nc1-c1c[nH]c2ccccc12. The molecule has 0 bridgehead atoms. The number of anilines is 1. The van der Waals surface area contributed by atoms with Crippen LogP contribution in [0, 0.1) is 6.92 Å². The van der Waals surface area contributed by atoms with Crippen molar-refractivity contribution in [2.45, 2.75) is 51.1 Å². The molecule has 2 aromatic heterocycles. The Labute approximate surface area is 148 Å². The van der Waals surface area contributed by atoms with Crippen LogP contribution in [0.15, 0.2) is 36.7 Å². The van der Waals surface area contributed by atoms with Crippen LogP contribution in [-0.2, 0) is 0 Å². The average Bonchev–Trinajstić information content (AvgIpc) is 3.00. The first-order valence-electron chi connectivity index (χ1n) is 8.97. The van der Waals surface area contributed by atoms with E-state index in [9.17, 15) is 0 Å². The van der Waals surface area contributed by atoms with Gasteiger partial charge in [-0.15, -0.1) is 0 Å². The standard InChI is InChI=1S/C20H25N5/c1-13-11-23-19(24-14-6-5-9-20(2,21)10-14)25-18(13)16-12-22-17-8-4-3-7-15(16)17/h3-4,7-8,11-12,14,22H,5-6,9-10,21H2,1-2H3,(H,23,24,25)/t14-,20+/m1/s1. The molecular weight excluding hydrogens is 310 g/mol. The summed E-state index contributed by atoms with van der Waals surface area (Å²) in [7, 11) is 0. The molecule has 0 spiro atoms. The number of hydrogen-bond acceptors (Lipinski definition) is 4. The Bertz CT molecular complexity index is 896. The van der Waals surface area contributed by atoms with Crippen LogP contribution in [0.3, 0.4) is 0 Å². The predicted molar refractivity (Wildman–Crippen MR) is 103 cm³/mol. The minimum atomic E-state index is -0.0969. The van der Waals surface area contributed by atoms with Crippen LogP contribution in [0.4, 0.5) is 5.95 Å². The van der Waals surface area contributed by atoms with Crippen molar-refractivity contribution < 1.29 is 0 Å². The number of aromatic amines is 1. The number of aryl methyl sites for hydroxylation is 1. The third-order valence-corrected chi connectivity index (χ3v) is 5.16. The van der Waals surface area contributed by atoms with Gasteiger partial charge in [-0.3, -0.25) is 0 Å². The van der Waals surface area contributed by atoms with Crippen molar-refractivity contribution in [3.63, 3.8) is 0 Å². The molecule has 2 heterocycles. The smallest absolute Gasteiger partial charge is 0.223 e. The van der Waals surface area contributed by atoms with E-state index in [1.807, 2.05) is 18.5 Å². The summed E-state index contributed by atoms with van der Waals surface area (Å²) in [5, 5.41) is 4.68. The molecule has 1 aliphatic rings. The van der Waals surface area contributed by atoms with Gasteiger partial charge in [0.2, 0.25) is 5.95 Å². The number of hydrogen-bond donors (Lipinski definition) is 3. The summed E-state index contributed by atoms with van der Waals surface area (Å²) in [6.07, 6.45) is 8.23. The Morgan fingerprint density at radius 3 is 3.00 bits per heavy atom. The molecule has 0 saturated heterocycles. The Morgan fingerprint density at radius 2 is 2.16 bits per heavy atom. The molecular formula is C20H25N5. The molecule has 1 aliphatic carbocycles. The van der Waals surface area contributed by atoms with Crippen LogP contribution in [0.25, 0.3) is 22.2 Å². The van der Waals surface area contributed by atoms with Gasteiger partial charge in [-0.2, -0.15) is 0 Å². The molecule has 5 nitrogen and oxygen atoms in total. The molecule has 5 heteroatoms. The molecule has 4 N–H and O–H groups in total. The quantitative estimate of drug-likeness (QED) is 0.676. The second-order valence-corrected chi connectivity index (χ2v) is 7.56. The normalized spacial score (nSPS) is 23.7. The maximum atomic E-state index is 6.33. The van der Waals surface area contributed by atoms with E-state index >= 15 is 0 Å². The highest BCUT2D eigenvalue weighted by molar-refractivity contribution is 5.95. The van der Waals surface area contributed by atoms with Gasteiger partial charge in [-0.1, -0.05) is 18.2 Å². The Morgan fingerprint density at radius 1 is 1.32 bits per heavy atom. The van der Waals surface area contributed by atoms with Crippen molar-refractivity contribution in [1.82, 2.24) is 15.0 Å². The van der Waals surface area contributed by atoms with Crippen molar-refractivity contribution in [3.8, 4) is 11.3 Å². The molecule has 0 aliphatic heterocycles. The summed E-state index contributed by atoms with van der Waals surface area (Å²) in [5.41, 5.74) is 10.5. The summed E-state index contributed by atoms with van der Waals surface area (Å²) < 4.78 is 0. The van der Waals surface area contributed by atoms with E-state index in [0.29, 0.717) is 12.0 Å². The van der Waals surface area contributed by atoms with Gasteiger partial charge in [0, 0.05) is 40.4 Å². The van der Waals surface area contributed by atoms with Gasteiger partial charge >= 0.3 is 0 Å². The second kappa shape index (κ2) is 6.15. The van der Waals surface area contributed by atoms with Gasteiger partial charge < -0.3 is 16.0 Å². The zero-order valence-corrected chi connectivity index (χ0v) is 14.8. The third kappa shape index (κ3) is 3.24. The number of nitrogens with one attached hydrogen (secondary N) is 2. The van der Waals surface area contributed by atoms with Gasteiger partial charge in [-0.05, 0) is 51.2 Å². The highest BCUT2D eigenvalue weighted by atomic mass is 15.1. The van der Waals surface area contributed by atoms with Gasteiger partial charge in [0.25, 0.3) is 0 Å². The molecule has 1 saturated carbocycles. The van der Waals surface area contributed by atoms with Gasteiger partial charge in [0.15, 0.2) is 0 Å². The van der Waals surface area contributed by atoms with Gasteiger partial charge in [-0.25, -0.2) is 9.97 Å². The number of nitrogens with zero attached hydrogens (tertiary/aromatic N) is 2. The van der Waals surface area contributed by atoms with E-state index in [2.05, 4.69) is 47.3 Å². The van der Waals surface area contributed by atoms with Crippen LogP contribution >= 0.6 is 0 Å². The number of aromatic nitrogens is 3. The first kappa shape index (κ1) is 16.1. The van der Waals surface area contributed by atoms with Gasteiger partial charge in [0.05, 0.1) is 5.69 Å². The first-order valence-corrected chi connectivity index (χ1v) is 8.97. The first-order chi connectivity index (χ1) is 12.0. The Balaban J connectivity index is 1.65. The monoisotopic (exact) mass is 335 g/mol. The zero-order chi connectivity index (χ0) is 17.4. The molecule has 2 atom stereocenters. The molecule has 0 radical (unpaired) electrons. The van der Waals surface area contributed by atoms with E-state index in [4.69, 9.17) is 10.7 Å². The van der Waals surface area contributed by atoms with Crippen LogP contribution in [0.5, 0.6) is 0 Å². The number of rotatable bonds is 3.